The normalized spacial score (nSPS) is 10.6. The summed E-state index contributed by atoms with van der Waals surface area (Å²) in [5, 5.41) is 8.68. The third-order valence-corrected chi connectivity index (χ3v) is 4.05. The SMILES string of the molecule is CCS(=O)(=O)Oc1ccc(OCOC)cn1.COCOc1ccc(CO)nc1. The summed E-state index contributed by atoms with van der Waals surface area (Å²) in [6.07, 6.45) is 2.91. The van der Waals surface area contributed by atoms with E-state index in [2.05, 4.69) is 14.2 Å². The molecule has 0 aromatic carbocycles. The minimum Gasteiger partial charge on any atom is -0.466 e. The lowest BCUT2D eigenvalue weighted by atomic mass is 10.3. The van der Waals surface area contributed by atoms with E-state index in [0.717, 1.165) is 0 Å². The van der Waals surface area contributed by atoms with Gasteiger partial charge in [-0.05, 0) is 25.1 Å². The standard InChI is InChI=1S/C9H13NO5S.C8H11NO3/c1-3-16(11,12)15-9-5-4-8(6-10-9)14-7-13-2;1-11-6-12-8-3-2-7(5-10)9-4-8/h4-6H,3,7H2,1-2H3;2-4,10H,5-6H2,1H3. The van der Waals surface area contributed by atoms with Crippen molar-refractivity contribution in [2.75, 3.05) is 33.6 Å². The first-order chi connectivity index (χ1) is 13.4. The molecule has 2 heterocycles. The van der Waals surface area contributed by atoms with Crippen LogP contribution in [0.25, 0.3) is 0 Å². The van der Waals surface area contributed by atoms with Crippen LogP contribution < -0.4 is 13.7 Å². The zero-order chi connectivity index (χ0) is 20.8. The van der Waals surface area contributed by atoms with Crippen molar-refractivity contribution in [3.05, 3.63) is 42.4 Å². The van der Waals surface area contributed by atoms with Crippen LogP contribution in [0.2, 0.25) is 0 Å². The van der Waals surface area contributed by atoms with Crippen molar-refractivity contribution in [1.82, 2.24) is 9.97 Å². The highest BCUT2D eigenvalue weighted by molar-refractivity contribution is 7.87. The fourth-order valence-electron chi connectivity index (χ4n) is 1.53. The summed E-state index contributed by atoms with van der Waals surface area (Å²) < 4.78 is 46.5. The molecular formula is C17H24N2O8S. The Hall–Kier alpha value is -2.47. The molecule has 156 valence electrons. The number of hydrogen-bond acceptors (Lipinski definition) is 10. The van der Waals surface area contributed by atoms with Gasteiger partial charge in [0.15, 0.2) is 13.6 Å². The zero-order valence-electron chi connectivity index (χ0n) is 15.9. The Morgan fingerprint density at radius 1 is 0.929 bits per heavy atom. The molecule has 0 unspecified atom stereocenters. The van der Waals surface area contributed by atoms with Crippen molar-refractivity contribution in [1.29, 1.82) is 0 Å². The maximum atomic E-state index is 11.1. The van der Waals surface area contributed by atoms with Gasteiger partial charge in [0.25, 0.3) is 0 Å². The molecule has 0 aliphatic rings. The molecule has 10 nitrogen and oxygen atoms in total. The first-order valence-electron chi connectivity index (χ1n) is 8.11. The second kappa shape index (κ2) is 12.8. The lowest BCUT2D eigenvalue weighted by Gasteiger charge is -2.06. The molecule has 0 bridgehead atoms. The summed E-state index contributed by atoms with van der Waals surface area (Å²) >= 11 is 0. The Morgan fingerprint density at radius 2 is 1.50 bits per heavy atom. The topological polar surface area (TPSA) is 126 Å². The van der Waals surface area contributed by atoms with E-state index < -0.39 is 10.1 Å². The molecule has 2 aromatic rings. The van der Waals surface area contributed by atoms with Gasteiger partial charge in [-0.2, -0.15) is 8.42 Å². The second-order valence-electron chi connectivity index (χ2n) is 5.01. The summed E-state index contributed by atoms with van der Waals surface area (Å²) in [4.78, 5) is 7.70. The fourth-order valence-corrected chi connectivity index (χ4v) is 2.01. The summed E-state index contributed by atoms with van der Waals surface area (Å²) in [6, 6.07) is 6.40. The van der Waals surface area contributed by atoms with E-state index in [0.29, 0.717) is 17.2 Å². The molecule has 0 saturated carbocycles. The van der Waals surface area contributed by atoms with E-state index in [1.807, 2.05) is 0 Å². The van der Waals surface area contributed by atoms with Crippen LogP contribution in [0.3, 0.4) is 0 Å². The average Bonchev–Trinajstić information content (AvgIpc) is 2.72. The number of aliphatic hydroxyl groups excluding tert-OH is 1. The molecule has 0 atom stereocenters. The van der Waals surface area contributed by atoms with Gasteiger partial charge < -0.3 is 28.2 Å². The van der Waals surface area contributed by atoms with Crippen LogP contribution in [0.15, 0.2) is 36.7 Å². The molecule has 28 heavy (non-hydrogen) atoms. The van der Waals surface area contributed by atoms with Crippen LogP contribution in [0.1, 0.15) is 12.6 Å². The van der Waals surface area contributed by atoms with Gasteiger partial charge in [-0.1, -0.05) is 0 Å². The summed E-state index contributed by atoms with van der Waals surface area (Å²) in [5.41, 5.74) is 0.625. The second-order valence-corrected chi connectivity index (χ2v) is 6.87. The molecule has 11 heteroatoms. The van der Waals surface area contributed by atoms with Crippen LogP contribution in [0, 0.1) is 0 Å². The summed E-state index contributed by atoms with van der Waals surface area (Å²) in [7, 11) is -0.480. The first-order valence-corrected chi connectivity index (χ1v) is 9.69. The first kappa shape index (κ1) is 23.6. The minimum absolute atomic E-state index is 0.0200. The molecule has 0 aliphatic heterocycles. The largest absolute Gasteiger partial charge is 0.466 e. The number of ether oxygens (including phenoxy) is 4. The monoisotopic (exact) mass is 416 g/mol. The molecule has 1 N–H and O–H groups in total. The van der Waals surface area contributed by atoms with Crippen LogP contribution in [-0.2, 0) is 26.2 Å². The molecule has 0 radical (unpaired) electrons. The highest BCUT2D eigenvalue weighted by Gasteiger charge is 2.10. The predicted octanol–water partition coefficient (Wildman–Crippen LogP) is 1.35. The lowest BCUT2D eigenvalue weighted by molar-refractivity contribution is 0.0506. The molecule has 0 saturated heterocycles. The predicted molar refractivity (Wildman–Crippen MR) is 99.5 cm³/mol. The van der Waals surface area contributed by atoms with Crippen LogP contribution in [0.4, 0.5) is 0 Å². The molecule has 0 aliphatic carbocycles. The number of pyridine rings is 2. The van der Waals surface area contributed by atoms with Gasteiger partial charge >= 0.3 is 10.1 Å². The van der Waals surface area contributed by atoms with Gasteiger partial charge in [0.2, 0.25) is 5.88 Å². The molecule has 0 spiro atoms. The van der Waals surface area contributed by atoms with Crippen molar-refractivity contribution in [2.24, 2.45) is 0 Å². The van der Waals surface area contributed by atoms with E-state index in [9.17, 15) is 8.42 Å². The smallest absolute Gasteiger partial charge is 0.310 e. The van der Waals surface area contributed by atoms with Crippen LogP contribution in [-0.4, -0.2) is 57.1 Å². The van der Waals surface area contributed by atoms with Gasteiger partial charge in [-0.3, -0.25) is 4.98 Å². The average molecular weight is 416 g/mol. The Morgan fingerprint density at radius 3 is 1.89 bits per heavy atom. The number of methoxy groups -OCH3 is 2. The number of rotatable bonds is 10. The third kappa shape index (κ3) is 9.46. The zero-order valence-corrected chi connectivity index (χ0v) is 16.7. The van der Waals surface area contributed by atoms with Crippen molar-refractivity contribution < 1.29 is 36.7 Å². The lowest BCUT2D eigenvalue weighted by Crippen LogP contribution is -2.12. The Labute approximate surface area is 164 Å². The van der Waals surface area contributed by atoms with Gasteiger partial charge in [0.05, 0.1) is 30.4 Å². The molecule has 2 aromatic heterocycles. The van der Waals surface area contributed by atoms with Crippen LogP contribution in [0.5, 0.6) is 17.4 Å². The maximum Gasteiger partial charge on any atom is 0.310 e. The Bertz CT molecular complexity index is 767. The number of nitrogens with zero attached hydrogens (tertiary/aromatic N) is 2. The van der Waals surface area contributed by atoms with E-state index in [1.54, 1.807) is 31.5 Å². The fraction of sp³-hybridized carbons (Fsp3) is 0.412. The van der Waals surface area contributed by atoms with E-state index in [1.165, 1.54) is 26.3 Å². The van der Waals surface area contributed by atoms with Gasteiger partial charge in [-0.15, -0.1) is 0 Å². The number of aromatic nitrogens is 2. The maximum absolute atomic E-state index is 11.1. The quantitative estimate of drug-likeness (QED) is 0.448. The minimum atomic E-state index is -3.53. The summed E-state index contributed by atoms with van der Waals surface area (Å²) in [5.74, 6) is 1.03. The molecule has 0 fully saturated rings. The molecule has 0 amide bonds. The van der Waals surface area contributed by atoms with Crippen molar-refractivity contribution in [3.8, 4) is 17.4 Å². The third-order valence-electron chi connectivity index (χ3n) is 2.92. The Balaban J connectivity index is 0.000000292. The number of aliphatic hydroxyl groups is 1. The van der Waals surface area contributed by atoms with E-state index in [-0.39, 0.29) is 31.8 Å². The number of hydrogen-bond donors (Lipinski definition) is 1. The highest BCUT2D eigenvalue weighted by atomic mass is 32.2. The molecular weight excluding hydrogens is 392 g/mol. The van der Waals surface area contributed by atoms with Crippen molar-refractivity contribution in [3.63, 3.8) is 0 Å². The van der Waals surface area contributed by atoms with E-state index in [4.69, 9.17) is 24.1 Å². The highest BCUT2D eigenvalue weighted by Crippen LogP contribution is 2.15. The van der Waals surface area contributed by atoms with Gasteiger partial charge in [0.1, 0.15) is 11.5 Å². The van der Waals surface area contributed by atoms with Crippen LogP contribution >= 0.6 is 0 Å². The summed E-state index contributed by atoms with van der Waals surface area (Å²) in [6.45, 7) is 1.76. The van der Waals surface area contributed by atoms with Crippen molar-refractivity contribution in [2.45, 2.75) is 13.5 Å². The van der Waals surface area contributed by atoms with Gasteiger partial charge in [-0.25, -0.2) is 4.98 Å². The Kier molecular flexibility index (Phi) is 10.8. The van der Waals surface area contributed by atoms with Gasteiger partial charge in [0, 0.05) is 20.3 Å². The molecule has 2 rings (SSSR count). The van der Waals surface area contributed by atoms with E-state index >= 15 is 0 Å². The van der Waals surface area contributed by atoms with Crippen molar-refractivity contribution >= 4 is 10.1 Å².